The molecule has 7 heteroatoms. The molecule has 1 aromatic rings. The predicted octanol–water partition coefficient (Wildman–Crippen LogP) is 2.51. The summed E-state index contributed by atoms with van der Waals surface area (Å²) in [6, 6.07) is 1.07. The van der Waals surface area contributed by atoms with Gasteiger partial charge in [0.05, 0.1) is 4.47 Å². The summed E-state index contributed by atoms with van der Waals surface area (Å²) in [6.07, 6.45) is -2.65. The number of halogens is 4. The quantitative estimate of drug-likeness (QED) is 0.888. The molecule has 0 unspecified atom stereocenters. The standard InChI is InChI=1S/C12H14BrF3N2O/c13-9-8(14)2-1-7(11(9)19)10(12(15)16)18-5-3-17-4-6-18/h1-2,10,12,17,19H,3-6H2/t10-/m1/s1. The van der Waals surface area contributed by atoms with Crippen molar-refractivity contribution in [1.82, 2.24) is 10.2 Å². The molecule has 0 amide bonds. The lowest BCUT2D eigenvalue weighted by molar-refractivity contribution is 0.0169. The van der Waals surface area contributed by atoms with Gasteiger partial charge in [-0.1, -0.05) is 6.07 Å². The lowest BCUT2D eigenvalue weighted by Crippen LogP contribution is -2.46. The maximum atomic E-state index is 13.3. The van der Waals surface area contributed by atoms with Crippen LogP contribution in [0.3, 0.4) is 0 Å². The summed E-state index contributed by atoms with van der Waals surface area (Å²) in [6.45, 7) is 2.16. The van der Waals surface area contributed by atoms with Crippen LogP contribution in [0.2, 0.25) is 0 Å². The van der Waals surface area contributed by atoms with Gasteiger partial charge in [-0.3, -0.25) is 4.90 Å². The summed E-state index contributed by atoms with van der Waals surface area (Å²) >= 11 is 2.87. The van der Waals surface area contributed by atoms with Crippen molar-refractivity contribution in [3.63, 3.8) is 0 Å². The fourth-order valence-corrected chi connectivity index (χ4v) is 2.61. The molecular weight excluding hydrogens is 325 g/mol. The Labute approximate surface area is 117 Å². The van der Waals surface area contributed by atoms with Crippen LogP contribution in [0.25, 0.3) is 0 Å². The van der Waals surface area contributed by atoms with E-state index in [9.17, 15) is 18.3 Å². The summed E-state index contributed by atoms with van der Waals surface area (Å²) in [7, 11) is 0. The molecule has 1 saturated heterocycles. The molecule has 1 aromatic carbocycles. The maximum Gasteiger partial charge on any atom is 0.258 e. The van der Waals surface area contributed by atoms with Gasteiger partial charge < -0.3 is 10.4 Å². The number of benzene rings is 1. The highest BCUT2D eigenvalue weighted by molar-refractivity contribution is 9.10. The first kappa shape index (κ1) is 14.6. The van der Waals surface area contributed by atoms with E-state index in [4.69, 9.17) is 0 Å². The lowest BCUT2D eigenvalue weighted by atomic mass is 10.0. The molecule has 0 aromatic heterocycles. The SMILES string of the molecule is Oc1c([C@H](C(F)F)N2CCNCC2)ccc(F)c1Br. The highest BCUT2D eigenvalue weighted by atomic mass is 79.9. The van der Waals surface area contributed by atoms with Gasteiger partial charge in [0.25, 0.3) is 6.43 Å². The van der Waals surface area contributed by atoms with Crippen LogP contribution in [0.5, 0.6) is 5.75 Å². The molecule has 1 atom stereocenters. The molecular formula is C12H14BrF3N2O. The van der Waals surface area contributed by atoms with E-state index >= 15 is 0 Å². The average molecular weight is 339 g/mol. The fourth-order valence-electron chi connectivity index (χ4n) is 2.25. The first-order valence-corrected chi connectivity index (χ1v) is 6.71. The van der Waals surface area contributed by atoms with Gasteiger partial charge in [-0.25, -0.2) is 13.2 Å². The summed E-state index contributed by atoms with van der Waals surface area (Å²) < 4.78 is 39.7. The second-order valence-corrected chi connectivity index (χ2v) is 5.16. The van der Waals surface area contributed by atoms with E-state index in [1.165, 1.54) is 6.07 Å². The molecule has 0 radical (unpaired) electrons. The van der Waals surface area contributed by atoms with Crippen molar-refractivity contribution < 1.29 is 18.3 Å². The van der Waals surface area contributed by atoms with Gasteiger partial charge in [0.1, 0.15) is 17.6 Å². The normalized spacial score (nSPS) is 18.8. The smallest absolute Gasteiger partial charge is 0.258 e. The minimum Gasteiger partial charge on any atom is -0.506 e. The van der Waals surface area contributed by atoms with E-state index in [1.54, 1.807) is 4.90 Å². The third kappa shape index (κ3) is 3.04. The number of phenolic OH excluding ortho intramolecular Hbond substituents is 1. The molecule has 1 fully saturated rings. The van der Waals surface area contributed by atoms with E-state index in [0.717, 1.165) is 6.07 Å². The number of hydrogen-bond donors (Lipinski definition) is 2. The van der Waals surface area contributed by atoms with Crippen molar-refractivity contribution in [2.24, 2.45) is 0 Å². The number of nitrogens with one attached hydrogen (secondary N) is 1. The Hall–Kier alpha value is -0.790. The molecule has 0 aliphatic carbocycles. The Kier molecular flexibility index (Phi) is 4.70. The zero-order chi connectivity index (χ0) is 14.0. The van der Waals surface area contributed by atoms with Gasteiger partial charge in [0.2, 0.25) is 0 Å². The summed E-state index contributed by atoms with van der Waals surface area (Å²) in [5.41, 5.74) is 0.0465. The number of alkyl halides is 2. The van der Waals surface area contributed by atoms with Crippen molar-refractivity contribution in [2.45, 2.75) is 12.5 Å². The monoisotopic (exact) mass is 338 g/mol. The van der Waals surface area contributed by atoms with Gasteiger partial charge in [0.15, 0.2) is 0 Å². The van der Waals surface area contributed by atoms with E-state index in [0.29, 0.717) is 26.2 Å². The summed E-state index contributed by atoms with van der Waals surface area (Å²) in [5.74, 6) is -1.13. The van der Waals surface area contributed by atoms with Crippen LogP contribution in [0.1, 0.15) is 11.6 Å². The van der Waals surface area contributed by atoms with Crippen molar-refractivity contribution in [3.8, 4) is 5.75 Å². The highest BCUT2D eigenvalue weighted by Gasteiger charge is 2.33. The molecule has 1 heterocycles. The molecule has 2 rings (SSSR count). The van der Waals surface area contributed by atoms with Crippen LogP contribution in [0.4, 0.5) is 13.2 Å². The molecule has 106 valence electrons. The van der Waals surface area contributed by atoms with E-state index in [1.807, 2.05) is 0 Å². The van der Waals surface area contributed by atoms with Crippen molar-refractivity contribution in [2.75, 3.05) is 26.2 Å². The number of rotatable bonds is 3. The van der Waals surface area contributed by atoms with E-state index < -0.39 is 24.0 Å². The van der Waals surface area contributed by atoms with E-state index in [-0.39, 0.29) is 10.0 Å². The van der Waals surface area contributed by atoms with Crippen LogP contribution in [0, 0.1) is 5.82 Å². The zero-order valence-corrected chi connectivity index (χ0v) is 11.6. The Morgan fingerprint density at radius 1 is 1.26 bits per heavy atom. The molecule has 0 spiro atoms. The van der Waals surface area contributed by atoms with Gasteiger partial charge in [0, 0.05) is 31.7 Å². The third-order valence-electron chi connectivity index (χ3n) is 3.20. The van der Waals surface area contributed by atoms with Gasteiger partial charge in [-0.05, 0) is 22.0 Å². The maximum absolute atomic E-state index is 13.3. The molecule has 1 aliphatic rings. The second kappa shape index (κ2) is 6.11. The van der Waals surface area contributed by atoms with Crippen LogP contribution < -0.4 is 5.32 Å². The average Bonchev–Trinajstić information content (AvgIpc) is 2.40. The van der Waals surface area contributed by atoms with Crippen molar-refractivity contribution in [3.05, 3.63) is 28.0 Å². The first-order valence-electron chi connectivity index (χ1n) is 5.92. The Morgan fingerprint density at radius 2 is 1.89 bits per heavy atom. The molecule has 0 saturated carbocycles. The summed E-state index contributed by atoms with van der Waals surface area (Å²) in [5, 5.41) is 12.9. The predicted molar refractivity (Wildman–Crippen MR) is 69.0 cm³/mol. The molecule has 0 bridgehead atoms. The number of piperazine rings is 1. The van der Waals surface area contributed by atoms with Crippen LogP contribution in [-0.2, 0) is 0 Å². The molecule has 19 heavy (non-hydrogen) atoms. The van der Waals surface area contributed by atoms with Gasteiger partial charge in [-0.15, -0.1) is 0 Å². The minimum absolute atomic E-state index is 0.0465. The number of phenols is 1. The summed E-state index contributed by atoms with van der Waals surface area (Å²) in [4.78, 5) is 1.60. The number of hydrogen-bond acceptors (Lipinski definition) is 3. The zero-order valence-electron chi connectivity index (χ0n) is 10.0. The Bertz CT molecular complexity index is 453. The molecule has 2 N–H and O–H groups in total. The topological polar surface area (TPSA) is 35.5 Å². The first-order chi connectivity index (χ1) is 9.02. The van der Waals surface area contributed by atoms with Crippen LogP contribution in [-0.4, -0.2) is 42.6 Å². The van der Waals surface area contributed by atoms with Crippen molar-refractivity contribution >= 4 is 15.9 Å². The Morgan fingerprint density at radius 3 is 2.47 bits per heavy atom. The lowest BCUT2D eigenvalue weighted by Gasteiger charge is -2.35. The fraction of sp³-hybridized carbons (Fsp3) is 0.500. The Balaban J connectivity index is 2.36. The van der Waals surface area contributed by atoms with Gasteiger partial charge >= 0.3 is 0 Å². The van der Waals surface area contributed by atoms with Gasteiger partial charge in [-0.2, -0.15) is 0 Å². The van der Waals surface area contributed by atoms with Crippen molar-refractivity contribution in [1.29, 1.82) is 0 Å². The molecule has 1 aliphatic heterocycles. The number of aromatic hydroxyl groups is 1. The van der Waals surface area contributed by atoms with Crippen LogP contribution in [0.15, 0.2) is 16.6 Å². The largest absolute Gasteiger partial charge is 0.506 e. The van der Waals surface area contributed by atoms with Crippen LogP contribution >= 0.6 is 15.9 Å². The number of nitrogens with zero attached hydrogens (tertiary/aromatic N) is 1. The third-order valence-corrected chi connectivity index (χ3v) is 3.96. The minimum atomic E-state index is -2.65. The van der Waals surface area contributed by atoms with E-state index in [2.05, 4.69) is 21.2 Å². The highest BCUT2D eigenvalue weighted by Crippen LogP contribution is 2.38. The second-order valence-electron chi connectivity index (χ2n) is 4.36. The molecule has 3 nitrogen and oxygen atoms in total.